The van der Waals surface area contributed by atoms with Gasteiger partial charge in [0.25, 0.3) is 0 Å². The van der Waals surface area contributed by atoms with Crippen LogP contribution >= 0.6 is 0 Å². The molecule has 1 amide bonds. The lowest BCUT2D eigenvalue weighted by atomic mass is 10.1. The van der Waals surface area contributed by atoms with E-state index in [4.69, 9.17) is 5.11 Å². The molecule has 0 unspecified atom stereocenters. The van der Waals surface area contributed by atoms with Crippen molar-refractivity contribution in [3.63, 3.8) is 0 Å². The van der Waals surface area contributed by atoms with E-state index in [2.05, 4.69) is 4.98 Å². The zero-order valence-corrected chi connectivity index (χ0v) is 12.5. The molecule has 0 radical (unpaired) electrons. The van der Waals surface area contributed by atoms with Gasteiger partial charge in [-0.1, -0.05) is 0 Å². The van der Waals surface area contributed by atoms with Crippen molar-refractivity contribution in [2.45, 2.75) is 31.7 Å². The highest BCUT2D eigenvalue weighted by Gasteiger charge is 2.30. The molecule has 1 fully saturated rings. The second-order valence-corrected chi connectivity index (χ2v) is 5.48. The quantitative estimate of drug-likeness (QED) is 0.893. The number of amides is 1. The van der Waals surface area contributed by atoms with Crippen LogP contribution in [0.4, 0.5) is 5.82 Å². The van der Waals surface area contributed by atoms with Crippen molar-refractivity contribution < 1.29 is 14.7 Å². The fraction of sp³-hybridized carbons (Fsp3) is 0.533. The standard InChI is InChI=1S/C15H21N3O3/c1-17(2)13-10-11(7-8-16-13)12-4-3-9-18(12)14(19)5-6-15(20)21/h7-8,10,12H,3-6,9H2,1-2H3,(H,20,21)/t12-/m0/s1. The fourth-order valence-corrected chi connectivity index (χ4v) is 2.66. The van der Waals surface area contributed by atoms with Crippen LogP contribution in [0.25, 0.3) is 0 Å². The minimum Gasteiger partial charge on any atom is -0.481 e. The van der Waals surface area contributed by atoms with E-state index in [9.17, 15) is 9.59 Å². The lowest BCUT2D eigenvalue weighted by molar-refractivity contribution is -0.141. The minimum atomic E-state index is -0.932. The summed E-state index contributed by atoms with van der Waals surface area (Å²) in [6, 6.07) is 3.96. The van der Waals surface area contributed by atoms with Gasteiger partial charge in [-0.15, -0.1) is 0 Å². The molecule has 1 aliphatic rings. The molecule has 1 atom stereocenters. The number of aliphatic carboxylic acids is 1. The lowest BCUT2D eigenvalue weighted by Gasteiger charge is -2.25. The number of hydrogen-bond donors (Lipinski definition) is 1. The zero-order valence-electron chi connectivity index (χ0n) is 12.5. The number of carbonyl (C=O) groups excluding carboxylic acids is 1. The molecule has 114 valence electrons. The van der Waals surface area contributed by atoms with Gasteiger partial charge in [0.05, 0.1) is 12.5 Å². The molecule has 0 spiro atoms. The number of carboxylic acid groups (broad SMARTS) is 1. The van der Waals surface area contributed by atoms with Crippen LogP contribution in [0.15, 0.2) is 18.3 Å². The summed E-state index contributed by atoms with van der Waals surface area (Å²) in [6.45, 7) is 0.697. The van der Waals surface area contributed by atoms with Gasteiger partial charge >= 0.3 is 5.97 Å². The van der Waals surface area contributed by atoms with E-state index >= 15 is 0 Å². The van der Waals surface area contributed by atoms with Gasteiger partial charge in [-0.25, -0.2) is 4.98 Å². The monoisotopic (exact) mass is 291 g/mol. The van der Waals surface area contributed by atoms with Gasteiger partial charge in [0.1, 0.15) is 5.82 Å². The number of carboxylic acids is 1. The molecule has 6 heteroatoms. The van der Waals surface area contributed by atoms with Crippen molar-refractivity contribution in [2.75, 3.05) is 25.5 Å². The van der Waals surface area contributed by atoms with Gasteiger partial charge in [-0.05, 0) is 30.5 Å². The SMILES string of the molecule is CN(C)c1cc([C@@H]2CCCN2C(=O)CCC(=O)O)ccn1. The van der Waals surface area contributed by atoms with Crippen LogP contribution in [0.1, 0.15) is 37.3 Å². The third-order valence-electron chi connectivity index (χ3n) is 3.74. The third kappa shape index (κ3) is 3.71. The Balaban J connectivity index is 2.12. The fourth-order valence-electron chi connectivity index (χ4n) is 2.66. The van der Waals surface area contributed by atoms with Crippen molar-refractivity contribution in [3.8, 4) is 0 Å². The van der Waals surface area contributed by atoms with Crippen molar-refractivity contribution in [3.05, 3.63) is 23.9 Å². The maximum Gasteiger partial charge on any atom is 0.303 e. The highest BCUT2D eigenvalue weighted by atomic mass is 16.4. The molecule has 1 aromatic rings. The number of hydrogen-bond acceptors (Lipinski definition) is 4. The van der Waals surface area contributed by atoms with E-state index in [1.807, 2.05) is 31.1 Å². The number of anilines is 1. The van der Waals surface area contributed by atoms with Crippen molar-refractivity contribution in [1.82, 2.24) is 9.88 Å². The number of nitrogens with zero attached hydrogens (tertiary/aromatic N) is 3. The number of pyridine rings is 1. The van der Waals surface area contributed by atoms with E-state index in [-0.39, 0.29) is 24.8 Å². The van der Waals surface area contributed by atoms with Crippen LogP contribution in [0.5, 0.6) is 0 Å². The second kappa shape index (κ2) is 6.56. The normalized spacial score (nSPS) is 17.8. The molecule has 21 heavy (non-hydrogen) atoms. The Morgan fingerprint density at radius 2 is 2.19 bits per heavy atom. The molecule has 0 saturated carbocycles. The summed E-state index contributed by atoms with van der Waals surface area (Å²) < 4.78 is 0. The molecule has 1 N–H and O–H groups in total. The number of rotatable bonds is 5. The molecule has 0 aliphatic carbocycles. The van der Waals surface area contributed by atoms with Gasteiger partial charge in [0.15, 0.2) is 0 Å². The predicted octanol–water partition coefficient (Wildman–Crippen LogP) is 1.68. The van der Waals surface area contributed by atoms with E-state index < -0.39 is 5.97 Å². The third-order valence-corrected chi connectivity index (χ3v) is 3.74. The topological polar surface area (TPSA) is 73.7 Å². The average Bonchev–Trinajstić information content (AvgIpc) is 2.94. The molecule has 2 heterocycles. The van der Waals surface area contributed by atoms with Gasteiger partial charge in [-0.3, -0.25) is 9.59 Å². The van der Waals surface area contributed by atoms with Gasteiger partial charge in [0.2, 0.25) is 5.91 Å². The highest BCUT2D eigenvalue weighted by molar-refractivity contribution is 5.81. The Bertz CT molecular complexity index is 531. The Labute approximate surface area is 124 Å². The van der Waals surface area contributed by atoms with E-state index in [1.165, 1.54) is 0 Å². The van der Waals surface area contributed by atoms with Crippen LogP contribution in [0.3, 0.4) is 0 Å². The summed E-state index contributed by atoms with van der Waals surface area (Å²) in [6.07, 6.45) is 3.57. The Morgan fingerprint density at radius 1 is 1.43 bits per heavy atom. The first-order valence-electron chi connectivity index (χ1n) is 7.13. The van der Waals surface area contributed by atoms with Crippen molar-refractivity contribution >= 4 is 17.7 Å². The maximum absolute atomic E-state index is 12.2. The first-order chi connectivity index (χ1) is 9.99. The lowest BCUT2D eigenvalue weighted by Crippen LogP contribution is -2.30. The smallest absolute Gasteiger partial charge is 0.303 e. The molecule has 0 aromatic carbocycles. The summed E-state index contributed by atoms with van der Waals surface area (Å²) in [4.78, 5) is 30.8. The average molecular weight is 291 g/mol. The summed E-state index contributed by atoms with van der Waals surface area (Å²) in [5.41, 5.74) is 1.06. The largest absolute Gasteiger partial charge is 0.481 e. The molecule has 6 nitrogen and oxygen atoms in total. The van der Waals surface area contributed by atoms with Crippen molar-refractivity contribution in [1.29, 1.82) is 0 Å². The predicted molar refractivity (Wildman–Crippen MR) is 79.1 cm³/mol. The Morgan fingerprint density at radius 3 is 2.86 bits per heavy atom. The van der Waals surface area contributed by atoms with Gasteiger partial charge in [-0.2, -0.15) is 0 Å². The van der Waals surface area contributed by atoms with Gasteiger partial charge < -0.3 is 14.9 Å². The highest BCUT2D eigenvalue weighted by Crippen LogP contribution is 2.33. The minimum absolute atomic E-state index is 0.0352. The molecule has 1 aliphatic heterocycles. The summed E-state index contributed by atoms with van der Waals surface area (Å²) in [5.74, 6) is -0.154. The maximum atomic E-state index is 12.2. The second-order valence-electron chi connectivity index (χ2n) is 5.48. The molecule has 1 aromatic heterocycles. The molecule has 1 saturated heterocycles. The summed E-state index contributed by atoms with van der Waals surface area (Å²) >= 11 is 0. The molecular formula is C15H21N3O3. The molecular weight excluding hydrogens is 270 g/mol. The first-order valence-corrected chi connectivity index (χ1v) is 7.13. The Hall–Kier alpha value is -2.11. The molecule has 2 rings (SSSR count). The summed E-state index contributed by atoms with van der Waals surface area (Å²) in [7, 11) is 3.85. The first kappa shape index (κ1) is 15.3. The van der Waals surface area contributed by atoms with Crippen LogP contribution in [-0.2, 0) is 9.59 Å². The summed E-state index contributed by atoms with van der Waals surface area (Å²) in [5, 5.41) is 8.70. The van der Waals surface area contributed by atoms with Crippen LogP contribution in [0.2, 0.25) is 0 Å². The van der Waals surface area contributed by atoms with Crippen LogP contribution < -0.4 is 4.90 Å². The van der Waals surface area contributed by atoms with E-state index in [1.54, 1.807) is 11.1 Å². The number of likely N-dealkylation sites (tertiary alicyclic amines) is 1. The molecule has 0 bridgehead atoms. The van der Waals surface area contributed by atoms with E-state index in [0.29, 0.717) is 6.54 Å². The number of aromatic nitrogens is 1. The van der Waals surface area contributed by atoms with E-state index in [0.717, 1.165) is 24.2 Å². The van der Waals surface area contributed by atoms with Crippen LogP contribution in [-0.4, -0.2) is 47.5 Å². The van der Waals surface area contributed by atoms with Gasteiger partial charge in [0, 0.05) is 33.3 Å². The number of carbonyl (C=O) groups is 2. The van der Waals surface area contributed by atoms with Crippen LogP contribution in [0, 0.1) is 0 Å². The zero-order chi connectivity index (χ0) is 15.4. The van der Waals surface area contributed by atoms with Crippen molar-refractivity contribution in [2.24, 2.45) is 0 Å². The Kier molecular flexibility index (Phi) is 4.77.